The molecule has 2 aromatic rings. The second kappa shape index (κ2) is 6.16. The van der Waals surface area contributed by atoms with Crippen LogP contribution < -0.4 is 10.5 Å². The van der Waals surface area contributed by atoms with E-state index < -0.39 is 4.92 Å². The molecule has 5 nitrogen and oxygen atoms in total. The van der Waals surface area contributed by atoms with Crippen molar-refractivity contribution in [2.24, 2.45) is 5.73 Å². The van der Waals surface area contributed by atoms with E-state index in [-0.39, 0.29) is 12.3 Å². The van der Waals surface area contributed by atoms with Gasteiger partial charge in [0, 0.05) is 18.2 Å². The molecule has 104 valence electrons. The fourth-order valence-electron chi connectivity index (χ4n) is 2.04. The minimum atomic E-state index is -0.402. The molecule has 5 heteroatoms. The van der Waals surface area contributed by atoms with Gasteiger partial charge in [0.25, 0.3) is 5.69 Å². The second-order valence-electron chi connectivity index (χ2n) is 4.44. The largest absolute Gasteiger partial charge is 0.488 e. The maximum absolute atomic E-state index is 11.0. The molecule has 0 heterocycles. The van der Waals surface area contributed by atoms with Crippen molar-refractivity contribution in [2.75, 3.05) is 0 Å². The molecule has 2 rings (SSSR count). The van der Waals surface area contributed by atoms with Gasteiger partial charge in [-0.05, 0) is 18.6 Å². The first-order chi connectivity index (χ1) is 9.63. The van der Waals surface area contributed by atoms with Crippen LogP contribution in [0, 0.1) is 17.0 Å². The number of nitro benzene ring substituents is 1. The molecule has 0 bridgehead atoms. The van der Waals surface area contributed by atoms with Gasteiger partial charge in [0.05, 0.1) is 10.5 Å². The van der Waals surface area contributed by atoms with E-state index in [2.05, 4.69) is 0 Å². The van der Waals surface area contributed by atoms with Gasteiger partial charge in [-0.3, -0.25) is 10.1 Å². The number of nitrogens with two attached hydrogens (primary N) is 1. The molecule has 0 unspecified atom stereocenters. The molecule has 0 radical (unpaired) electrons. The van der Waals surface area contributed by atoms with E-state index in [0.717, 1.165) is 11.1 Å². The highest BCUT2D eigenvalue weighted by Gasteiger charge is 2.14. The molecule has 20 heavy (non-hydrogen) atoms. The number of nitro groups is 1. The Kier molecular flexibility index (Phi) is 4.32. The van der Waals surface area contributed by atoms with E-state index in [1.807, 2.05) is 25.1 Å². The lowest BCUT2D eigenvalue weighted by Crippen LogP contribution is -2.05. The van der Waals surface area contributed by atoms with Crippen LogP contribution in [0.15, 0.2) is 42.5 Å². The summed E-state index contributed by atoms with van der Waals surface area (Å²) in [6.07, 6.45) is 0. The van der Waals surface area contributed by atoms with Gasteiger partial charge in [0.15, 0.2) is 0 Å². The van der Waals surface area contributed by atoms with Gasteiger partial charge >= 0.3 is 0 Å². The van der Waals surface area contributed by atoms with Crippen molar-refractivity contribution in [2.45, 2.75) is 20.1 Å². The van der Waals surface area contributed by atoms with Crippen LogP contribution in [0.1, 0.15) is 16.7 Å². The summed E-state index contributed by atoms with van der Waals surface area (Å²) in [6.45, 7) is 2.44. The maximum Gasteiger partial charge on any atom is 0.276 e. The van der Waals surface area contributed by atoms with Crippen molar-refractivity contribution in [1.29, 1.82) is 0 Å². The van der Waals surface area contributed by atoms with Gasteiger partial charge in [-0.2, -0.15) is 0 Å². The number of para-hydroxylation sites is 2. The van der Waals surface area contributed by atoms with E-state index in [1.165, 1.54) is 6.07 Å². The maximum atomic E-state index is 11.0. The summed E-state index contributed by atoms with van der Waals surface area (Å²) in [5.74, 6) is 0.702. The summed E-state index contributed by atoms with van der Waals surface area (Å²) in [6, 6.07) is 12.3. The van der Waals surface area contributed by atoms with Crippen LogP contribution in [0.3, 0.4) is 0 Å². The lowest BCUT2D eigenvalue weighted by Gasteiger charge is -2.13. The van der Waals surface area contributed by atoms with Crippen molar-refractivity contribution in [3.63, 3.8) is 0 Å². The average Bonchev–Trinajstić information content (AvgIpc) is 2.46. The highest BCUT2D eigenvalue weighted by molar-refractivity contribution is 5.43. The molecule has 0 aromatic heterocycles. The number of hydrogen-bond acceptors (Lipinski definition) is 4. The summed E-state index contributed by atoms with van der Waals surface area (Å²) < 4.78 is 5.75. The van der Waals surface area contributed by atoms with Gasteiger partial charge in [0.1, 0.15) is 12.4 Å². The van der Waals surface area contributed by atoms with Gasteiger partial charge in [0.2, 0.25) is 0 Å². The molecule has 0 aliphatic carbocycles. The zero-order chi connectivity index (χ0) is 14.5. The Morgan fingerprint density at radius 1 is 1.15 bits per heavy atom. The molecule has 0 saturated carbocycles. The third kappa shape index (κ3) is 2.95. The fraction of sp³-hybridized carbons (Fsp3) is 0.200. The van der Waals surface area contributed by atoms with Crippen molar-refractivity contribution in [3.8, 4) is 5.75 Å². The summed E-state index contributed by atoms with van der Waals surface area (Å²) in [7, 11) is 0. The Bertz CT molecular complexity index is 626. The van der Waals surface area contributed by atoms with Gasteiger partial charge < -0.3 is 10.5 Å². The molecule has 0 aliphatic heterocycles. The van der Waals surface area contributed by atoms with Crippen LogP contribution in [0.2, 0.25) is 0 Å². The Hall–Kier alpha value is -2.40. The molecule has 0 spiro atoms. The molecular weight excluding hydrogens is 256 g/mol. The van der Waals surface area contributed by atoms with E-state index in [4.69, 9.17) is 10.5 Å². The quantitative estimate of drug-likeness (QED) is 0.670. The van der Waals surface area contributed by atoms with Crippen molar-refractivity contribution >= 4 is 5.69 Å². The topological polar surface area (TPSA) is 78.4 Å². The summed E-state index contributed by atoms with van der Waals surface area (Å²) in [5.41, 5.74) is 8.15. The van der Waals surface area contributed by atoms with Crippen LogP contribution >= 0.6 is 0 Å². The monoisotopic (exact) mass is 272 g/mol. The Balaban J connectivity index is 2.24. The van der Waals surface area contributed by atoms with Crippen LogP contribution in [0.5, 0.6) is 5.75 Å². The van der Waals surface area contributed by atoms with Crippen LogP contribution in [-0.2, 0) is 13.2 Å². The minimum absolute atomic E-state index is 0.0652. The Morgan fingerprint density at radius 2 is 1.85 bits per heavy atom. The minimum Gasteiger partial charge on any atom is -0.488 e. The lowest BCUT2D eigenvalue weighted by atomic mass is 10.1. The molecule has 2 N–H and O–H groups in total. The van der Waals surface area contributed by atoms with Crippen molar-refractivity contribution in [3.05, 3.63) is 69.3 Å². The number of hydrogen-bond donors (Lipinski definition) is 1. The summed E-state index contributed by atoms with van der Waals surface area (Å²) in [4.78, 5) is 10.6. The van der Waals surface area contributed by atoms with Gasteiger partial charge in [-0.15, -0.1) is 0 Å². The van der Waals surface area contributed by atoms with Crippen molar-refractivity contribution < 1.29 is 9.66 Å². The number of benzene rings is 2. The Labute approximate surface area is 117 Å². The molecule has 0 atom stereocenters. The third-order valence-electron chi connectivity index (χ3n) is 3.07. The molecule has 0 amide bonds. The number of ether oxygens (including phenoxy) is 1. The first-order valence-corrected chi connectivity index (χ1v) is 6.27. The fourth-order valence-corrected chi connectivity index (χ4v) is 2.04. The molecule has 0 aliphatic rings. The van der Waals surface area contributed by atoms with E-state index in [9.17, 15) is 10.1 Å². The molecule has 0 fully saturated rings. The number of aryl methyl sites for hydroxylation is 1. The van der Waals surface area contributed by atoms with Crippen LogP contribution in [-0.4, -0.2) is 4.92 Å². The number of nitrogens with zero attached hydrogens (tertiary/aromatic N) is 1. The first kappa shape index (κ1) is 14.0. The lowest BCUT2D eigenvalue weighted by molar-refractivity contribution is -0.385. The molecule has 2 aromatic carbocycles. The van der Waals surface area contributed by atoms with Crippen LogP contribution in [0.4, 0.5) is 5.69 Å². The van der Waals surface area contributed by atoms with Crippen LogP contribution in [0.25, 0.3) is 0 Å². The standard InChI is InChI=1S/C15H16N2O3/c1-11-5-4-7-12(9-16)15(11)20-10-13-6-2-3-8-14(13)17(18)19/h2-8H,9-10,16H2,1H3. The zero-order valence-corrected chi connectivity index (χ0v) is 11.2. The van der Waals surface area contributed by atoms with Crippen molar-refractivity contribution in [1.82, 2.24) is 0 Å². The van der Waals surface area contributed by atoms with Gasteiger partial charge in [-0.25, -0.2) is 0 Å². The Morgan fingerprint density at radius 3 is 2.55 bits per heavy atom. The predicted octanol–water partition coefficient (Wildman–Crippen LogP) is 2.94. The van der Waals surface area contributed by atoms with E-state index >= 15 is 0 Å². The summed E-state index contributed by atoms with van der Waals surface area (Å²) in [5, 5.41) is 11.0. The zero-order valence-electron chi connectivity index (χ0n) is 11.2. The average molecular weight is 272 g/mol. The predicted molar refractivity (Wildman–Crippen MR) is 76.5 cm³/mol. The summed E-state index contributed by atoms with van der Waals surface area (Å²) >= 11 is 0. The SMILES string of the molecule is Cc1cccc(CN)c1OCc1ccccc1[N+](=O)[O-]. The smallest absolute Gasteiger partial charge is 0.276 e. The normalized spacial score (nSPS) is 10.3. The van der Waals surface area contributed by atoms with E-state index in [1.54, 1.807) is 18.2 Å². The second-order valence-corrected chi connectivity index (χ2v) is 4.44. The third-order valence-corrected chi connectivity index (χ3v) is 3.07. The highest BCUT2D eigenvalue weighted by atomic mass is 16.6. The first-order valence-electron chi connectivity index (χ1n) is 6.27. The number of rotatable bonds is 5. The van der Waals surface area contributed by atoms with E-state index in [0.29, 0.717) is 17.9 Å². The molecule has 0 saturated heterocycles. The highest BCUT2D eigenvalue weighted by Crippen LogP contribution is 2.26. The molecular formula is C15H16N2O3. The van der Waals surface area contributed by atoms with Gasteiger partial charge in [-0.1, -0.05) is 30.3 Å².